The number of aldehydes is 1. The van der Waals surface area contributed by atoms with E-state index < -0.39 is 5.97 Å². The normalized spacial score (nSPS) is 9.82. The molecule has 0 radical (unpaired) electrons. The molecule has 0 fully saturated rings. The highest BCUT2D eigenvalue weighted by molar-refractivity contribution is 5.92. The Kier molecular flexibility index (Phi) is 5.43. The van der Waals surface area contributed by atoms with Crippen LogP contribution in [0.5, 0.6) is 0 Å². The summed E-state index contributed by atoms with van der Waals surface area (Å²) < 4.78 is 4.91. The van der Waals surface area contributed by atoms with Crippen LogP contribution in [-0.2, 0) is 16.1 Å². The van der Waals surface area contributed by atoms with Crippen LogP contribution in [-0.4, -0.2) is 24.8 Å². The predicted octanol–water partition coefficient (Wildman–Crippen LogP) is 1.97. The summed E-state index contributed by atoms with van der Waals surface area (Å²) in [5.41, 5.74) is 1.73. The molecule has 0 atom stereocenters. The van der Waals surface area contributed by atoms with Gasteiger partial charge in [-0.25, -0.2) is 4.79 Å². The second kappa shape index (κ2) is 7.73. The summed E-state index contributed by atoms with van der Waals surface area (Å²) in [4.78, 5) is 33.9. The zero-order valence-electron chi connectivity index (χ0n) is 11.8. The predicted molar refractivity (Wildman–Crippen MR) is 80.4 cm³/mol. The zero-order valence-corrected chi connectivity index (χ0v) is 11.8. The van der Waals surface area contributed by atoms with Gasteiger partial charge in [-0.2, -0.15) is 0 Å². The Morgan fingerprint density at radius 1 is 1.00 bits per heavy atom. The molecule has 0 heterocycles. The third-order valence-corrected chi connectivity index (χ3v) is 2.95. The van der Waals surface area contributed by atoms with Crippen LogP contribution < -0.4 is 5.32 Å². The van der Waals surface area contributed by atoms with Crippen molar-refractivity contribution in [1.29, 1.82) is 0 Å². The lowest BCUT2D eigenvalue weighted by Gasteiger charge is -2.07. The van der Waals surface area contributed by atoms with E-state index in [-0.39, 0.29) is 12.5 Å². The van der Waals surface area contributed by atoms with Crippen molar-refractivity contribution in [2.24, 2.45) is 0 Å². The van der Waals surface area contributed by atoms with Crippen molar-refractivity contribution < 1.29 is 19.1 Å². The minimum Gasteiger partial charge on any atom is -0.452 e. The SMILES string of the molecule is O=Cc1ccc(C(=O)OCC(=O)NCc2ccccc2)cc1. The van der Waals surface area contributed by atoms with Crippen molar-refractivity contribution in [3.63, 3.8) is 0 Å². The maximum Gasteiger partial charge on any atom is 0.338 e. The maximum absolute atomic E-state index is 11.7. The molecule has 2 aromatic carbocycles. The van der Waals surface area contributed by atoms with E-state index in [9.17, 15) is 14.4 Å². The molecule has 0 saturated heterocycles. The number of esters is 1. The van der Waals surface area contributed by atoms with Crippen LogP contribution in [0.3, 0.4) is 0 Å². The van der Waals surface area contributed by atoms with Crippen molar-refractivity contribution in [1.82, 2.24) is 5.32 Å². The van der Waals surface area contributed by atoms with E-state index in [4.69, 9.17) is 4.74 Å². The van der Waals surface area contributed by atoms with E-state index >= 15 is 0 Å². The van der Waals surface area contributed by atoms with Crippen LogP contribution in [0.15, 0.2) is 54.6 Å². The first-order valence-corrected chi connectivity index (χ1v) is 6.72. The van der Waals surface area contributed by atoms with Gasteiger partial charge in [-0.15, -0.1) is 0 Å². The van der Waals surface area contributed by atoms with Crippen molar-refractivity contribution >= 4 is 18.2 Å². The molecule has 0 saturated carbocycles. The van der Waals surface area contributed by atoms with Gasteiger partial charge in [-0.05, 0) is 17.7 Å². The fraction of sp³-hybridized carbons (Fsp3) is 0.118. The van der Waals surface area contributed by atoms with E-state index in [0.717, 1.165) is 5.56 Å². The number of hydrogen-bond donors (Lipinski definition) is 1. The standard InChI is InChI=1S/C17H15NO4/c19-11-14-6-8-15(9-7-14)17(21)22-12-16(20)18-10-13-4-2-1-3-5-13/h1-9,11H,10,12H2,(H,18,20). The molecule has 5 heteroatoms. The summed E-state index contributed by atoms with van der Waals surface area (Å²) in [7, 11) is 0. The average Bonchev–Trinajstić information content (AvgIpc) is 2.58. The first kappa shape index (κ1) is 15.4. The first-order chi connectivity index (χ1) is 10.7. The van der Waals surface area contributed by atoms with Gasteiger partial charge < -0.3 is 10.1 Å². The van der Waals surface area contributed by atoms with Crippen LogP contribution in [0.1, 0.15) is 26.3 Å². The van der Waals surface area contributed by atoms with Crippen molar-refractivity contribution in [2.45, 2.75) is 6.54 Å². The molecule has 112 valence electrons. The minimum absolute atomic E-state index is 0.293. The van der Waals surface area contributed by atoms with Gasteiger partial charge in [0.2, 0.25) is 0 Å². The Morgan fingerprint density at radius 2 is 1.68 bits per heavy atom. The smallest absolute Gasteiger partial charge is 0.338 e. The summed E-state index contributed by atoms with van der Waals surface area (Å²) in [6.45, 7) is 0.0341. The van der Waals surface area contributed by atoms with Gasteiger partial charge in [-0.3, -0.25) is 9.59 Å². The van der Waals surface area contributed by atoms with E-state index in [2.05, 4.69) is 5.32 Å². The van der Waals surface area contributed by atoms with Crippen LogP contribution >= 0.6 is 0 Å². The molecule has 1 N–H and O–H groups in total. The summed E-state index contributed by atoms with van der Waals surface area (Å²) >= 11 is 0. The van der Waals surface area contributed by atoms with Crippen LogP contribution in [0.4, 0.5) is 0 Å². The molecule has 0 aromatic heterocycles. The van der Waals surface area contributed by atoms with Gasteiger partial charge in [0, 0.05) is 12.1 Å². The Morgan fingerprint density at radius 3 is 2.32 bits per heavy atom. The lowest BCUT2D eigenvalue weighted by molar-refractivity contribution is -0.124. The topological polar surface area (TPSA) is 72.5 Å². The lowest BCUT2D eigenvalue weighted by atomic mass is 10.1. The van der Waals surface area contributed by atoms with Crippen molar-refractivity contribution in [3.05, 3.63) is 71.3 Å². The fourth-order valence-electron chi connectivity index (χ4n) is 1.76. The van der Waals surface area contributed by atoms with Gasteiger partial charge in [0.15, 0.2) is 6.61 Å². The number of amides is 1. The summed E-state index contributed by atoms with van der Waals surface area (Å²) in [6, 6.07) is 15.4. The first-order valence-electron chi connectivity index (χ1n) is 6.72. The number of ether oxygens (including phenoxy) is 1. The molecular weight excluding hydrogens is 282 g/mol. The Bertz CT molecular complexity index is 650. The number of carbonyl (C=O) groups is 3. The van der Waals surface area contributed by atoms with Crippen LogP contribution in [0, 0.1) is 0 Å². The molecule has 2 rings (SSSR count). The van der Waals surface area contributed by atoms with Crippen molar-refractivity contribution in [3.8, 4) is 0 Å². The van der Waals surface area contributed by atoms with Crippen LogP contribution in [0.25, 0.3) is 0 Å². The highest BCUT2D eigenvalue weighted by Crippen LogP contribution is 2.04. The number of nitrogens with one attached hydrogen (secondary N) is 1. The molecule has 0 bridgehead atoms. The molecule has 22 heavy (non-hydrogen) atoms. The maximum atomic E-state index is 11.7. The van der Waals surface area contributed by atoms with Gasteiger partial charge >= 0.3 is 5.97 Å². The van der Waals surface area contributed by atoms with E-state index in [1.165, 1.54) is 24.3 Å². The van der Waals surface area contributed by atoms with Gasteiger partial charge in [0.1, 0.15) is 6.29 Å². The Balaban J connectivity index is 1.77. The Hall–Kier alpha value is -2.95. The minimum atomic E-state index is -0.604. The number of hydrogen-bond acceptors (Lipinski definition) is 4. The van der Waals surface area contributed by atoms with Gasteiger partial charge in [0.05, 0.1) is 5.56 Å². The third-order valence-electron chi connectivity index (χ3n) is 2.95. The quantitative estimate of drug-likeness (QED) is 0.653. The Labute approximate surface area is 127 Å². The van der Waals surface area contributed by atoms with E-state index in [1.54, 1.807) is 0 Å². The number of benzene rings is 2. The number of rotatable bonds is 6. The van der Waals surface area contributed by atoms with Gasteiger partial charge in [-0.1, -0.05) is 42.5 Å². The molecule has 5 nitrogen and oxygen atoms in total. The molecule has 1 amide bonds. The highest BCUT2D eigenvalue weighted by atomic mass is 16.5. The third kappa shape index (κ3) is 4.56. The monoisotopic (exact) mass is 297 g/mol. The number of carbonyl (C=O) groups excluding carboxylic acids is 3. The molecule has 0 spiro atoms. The summed E-state index contributed by atoms with van der Waals surface area (Å²) in [5.74, 6) is -0.978. The summed E-state index contributed by atoms with van der Waals surface area (Å²) in [5, 5.41) is 2.66. The second-order valence-corrected chi connectivity index (χ2v) is 4.58. The molecule has 0 aliphatic rings. The van der Waals surface area contributed by atoms with Gasteiger partial charge in [0.25, 0.3) is 5.91 Å². The molecule has 0 aliphatic carbocycles. The lowest BCUT2D eigenvalue weighted by Crippen LogP contribution is -2.28. The van der Waals surface area contributed by atoms with E-state index in [1.807, 2.05) is 30.3 Å². The fourth-order valence-corrected chi connectivity index (χ4v) is 1.76. The molecule has 0 aliphatic heterocycles. The largest absolute Gasteiger partial charge is 0.452 e. The molecular formula is C17H15NO4. The van der Waals surface area contributed by atoms with Crippen LogP contribution in [0.2, 0.25) is 0 Å². The molecule has 2 aromatic rings. The van der Waals surface area contributed by atoms with Crippen molar-refractivity contribution in [2.75, 3.05) is 6.61 Å². The highest BCUT2D eigenvalue weighted by Gasteiger charge is 2.09. The molecule has 0 unspecified atom stereocenters. The zero-order chi connectivity index (χ0) is 15.8. The van der Waals surface area contributed by atoms with E-state index in [0.29, 0.717) is 24.0 Å². The second-order valence-electron chi connectivity index (χ2n) is 4.58. The average molecular weight is 297 g/mol. The summed E-state index contributed by atoms with van der Waals surface area (Å²) in [6.07, 6.45) is 0.687.